The van der Waals surface area contributed by atoms with E-state index >= 15 is 0 Å². The zero-order valence-corrected chi connectivity index (χ0v) is 16.1. The van der Waals surface area contributed by atoms with Gasteiger partial charge in [0.05, 0.1) is 0 Å². The third-order valence-electron chi connectivity index (χ3n) is 6.08. The van der Waals surface area contributed by atoms with Crippen molar-refractivity contribution in [2.75, 3.05) is 23.3 Å². The predicted octanol–water partition coefficient (Wildman–Crippen LogP) is 3.13. The summed E-state index contributed by atoms with van der Waals surface area (Å²) in [5.74, 6) is 2.34. The second-order valence-electron chi connectivity index (χ2n) is 7.84. The van der Waals surface area contributed by atoms with Crippen molar-refractivity contribution in [3.05, 3.63) is 47.5 Å². The Morgan fingerprint density at radius 2 is 2.04 bits per heavy atom. The number of hydrogen-bond acceptors (Lipinski definition) is 5. The van der Waals surface area contributed by atoms with Gasteiger partial charge in [0.1, 0.15) is 0 Å². The number of anilines is 2. The molecule has 28 heavy (non-hydrogen) atoms. The van der Waals surface area contributed by atoms with Gasteiger partial charge in [-0.25, -0.2) is 0 Å². The second-order valence-corrected chi connectivity index (χ2v) is 7.84. The van der Waals surface area contributed by atoms with Crippen LogP contribution in [0.25, 0.3) is 11.6 Å². The van der Waals surface area contributed by atoms with Crippen molar-refractivity contribution in [2.24, 2.45) is 7.05 Å². The number of aryl methyl sites for hydroxylation is 1. The van der Waals surface area contributed by atoms with Crippen molar-refractivity contribution in [1.82, 2.24) is 14.8 Å². The highest BCUT2D eigenvalue weighted by atomic mass is 16.4. The first-order chi connectivity index (χ1) is 13.6. The first-order valence-corrected chi connectivity index (χ1v) is 9.66. The summed E-state index contributed by atoms with van der Waals surface area (Å²) < 4.78 is 7.67. The van der Waals surface area contributed by atoms with Crippen LogP contribution < -0.4 is 10.2 Å². The maximum Gasteiger partial charge on any atom is 0.227 e. The van der Waals surface area contributed by atoms with Crippen molar-refractivity contribution in [3.63, 3.8) is 0 Å². The largest absolute Gasteiger partial charge is 0.437 e. The van der Waals surface area contributed by atoms with E-state index < -0.39 is 0 Å². The van der Waals surface area contributed by atoms with E-state index in [9.17, 15) is 4.79 Å². The van der Waals surface area contributed by atoms with Crippen LogP contribution >= 0.6 is 0 Å². The first-order valence-electron chi connectivity index (χ1n) is 9.66. The molecule has 1 aliphatic heterocycles. The lowest BCUT2D eigenvalue weighted by atomic mass is 9.81. The molecule has 7 nitrogen and oxygen atoms in total. The van der Waals surface area contributed by atoms with Crippen LogP contribution in [0.2, 0.25) is 0 Å². The molecule has 3 heterocycles. The molecule has 1 fully saturated rings. The number of amides is 1. The van der Waals surface area contributed by atoms with E-state index in [0.29, 0.717) is 17.5 Å². The summed E-state index contributed by atoms with van der Waals surface area (Å²) in [6.45, 7) is 3.38. The van der Waals surface area contributed by atoms with Crippen molar-refractivity contribution in [3.8, 4) is 11.6 Å². The number of carbonyl (C=O) groups excluding carboxylic acids is 1. The Hall–Kier alpha value is -3.09. The molecule has 1 aromatic carbocycles. The fourth-order valence-electron chi connectivity index (χ4n) is 4.74. The Kier molecular flexibility index (Phi) is 3.79. The molecule has 2 aromatic heterocycles. The lowest BCUT2D eigenvalue weighted by Gasteiger charge is -2.25. The average molecular weight is 377 g/mol. The molecule has 0 radical (unpaired) electrons. The third-order valence-corrected chi connectivity index (χ3v) is 6.08. The van der Waals surface area contributed by atoms with Gasteiger partial charge >= 0.3 is 0 Å². The van der Waals surface area contributed by atoms with Crippen LogP contribution in [0.3, 0.4) is 0 Å². The van der Waals surface area contributed by atoms with E-state index in [1.165, 1.54) is 24.5 Å². The minimum Gasteiger partial charge on any atom is -0.437 e. The molecule has 1 amide bonds. The molecule has 0 bridgehead atoms. The summed E-state index contributed by atoms with van der Waals surface area (Å²) in [6.07, 6.45) is 3.50. The SMILES string of the molecule is CC(=O)Nc1ccc(-c2nnc(N3CCC4(CCc5ccccc54)C3)n2C)o1. The predicted molar refractivity (Wildman–Crippen MR) is 106 cm³/mol. The van der Waals surface area contributed by atoms with Crippen LogP contribution in [0.15, 0.2) is 40.8 Å². The number of benzene rings is 1. The van der Waals surface area contributed by atoms with Crippen LogP contribution in [-0.2, 0) is 23.7 Å². The summed E-state index contributed by atoms with van der Waals surface area (Å²) in [4.78, 5) is 13.5. The molecule has 144 valence electrons. The first kappa shape index (κ1) is 17.0. The van der Waals surface area contributed by atoms with Crippen LogP contribution in [0.4, 0.5) is 11.8 Å². The Bertz CT molecular complexity index is 1050. The van der Waals surface area contributed by atoms with Gasteiger partial charge in [-0.2, -0.15) is 0 Å². The summed E-state index contributed by atoms with van der Waals surface area (Å²) in [7, 11) is 1.96. The quantitative estimate of drug-likeness (QED) is 0.759. The molecule has 1 atom stereocenters. The number of fused-ring (bicyclic) bond motifs is 2. The van der Waals surface area contributed by atoms with Crippen molar-refractivity contribution in [1.29, 1.82) is 0 Å². The monoisotopic (exact) mass is 377 g/mol. The number of carbonyl (C=O) groups is 1. The smallest absolute Gasteiger partial charge is 0.227 e. The van der Waals surface area contributed by atoms with Crippen molar-refractivity contribution < 1.29 is 9.21 Å². The summed E-state index contributed by atoms with van der Waals surface area (Å²) in [6, 6.07) is 12.4. The van der Waals surface area contributed by atoms with Gasteiger partial charge in [0, 0.05) is 38.5 Å². The summed E-state index contributed by atoms with van der Waals surface area (Å²) in [5, 5.41) is 11.4. The maximum atomic E-state index is 11.2. The molecule has 1 N–H and O–H groups in total. The van der Waals surface area contributed by atoms with E-state index in [1.807, 2.05) is 11.6 Å². The normalized spacial score (nSPS) is 20.7. The molecule has 1 aliphatic carbocycles. The molecule has 3 aromatic rings. The van der Waals surface area contributed by atoms with E-state index in [2.05, 4.69) is 44.7 Å². The van der Waals surface area contributed by atoms with Gasteiger partial charge in [0.15, 0.2) is 11.6 Å². The van der Waals surface area contributed by atoms with Gasteiger partial charge in [-0.1, -0.05) is 24.3 Å². The lowest BCUT2D eigenvalue weighted by molar-refractivity contribution is -0.114. The lowest BCUT2D eigenvalue weighted by Crippen LogP contribution is -2.30. The fourth-order valence-corrected chi connectivity index (χ4v) is 4.74. The molecule has 1 spiro atoms. The van der Waals surface area contributed by atoms with E-state index in [-0.39, 0.29) is 11.3 Å². The molecule has 0 saturated carbocycles. The van der Waals surface area contributed by atoms with E-state index in [1.54, 1.807) is 12.1 Å². The highest BCUT2D eigenvalue weighted by Crippen LogP contribution is 2.46. The Morgan fingerprint density at radius 3 is 2.89 bits per heavy atom. The molecule has 1 saturated heterocycles. The summed E-state index contributed by atoms with van der Waals surface area (Å²) >= 11 is 0. The Balaban J connectivity index is 1.40. The van der Waals surface area contributed by atoms with E-state index in [0.717, 1.165) is 31.9 Å². The van der Waals surface area contributed by atoms with Crippen LogP contribution in [-0.4, -0.2) is 33.8 Å². The molecule has 1 unspecified atom stereocenters. The second kappa shape index (κ2) is 6.22. The van der Waals surface area contributed by atoms with Gasteiger partial charge in [0.2, 0.25) is 17.7 Å². The summed E-state index contributed by atoms with van der Waals surface area (Å²) in [5.41, 5.74) is 3.22. The average Bonchev–Trinajstić information content (AvgIpc) is 3.44. The minimum atomic E-state index is -0.168. The number of furan rings is 1. The van der Waals surface area contributed by atoms with Gasteiger partial charge in [-0.15, -0.1) is 10.2 Å². The van der Waals surface area contributed by atoms with Gasteiger partial charge < -0.3 is 9.32 Å². The molecule has 2 aliphatic rings. The molecule has 7 heteroatoms. The standard InChI is InChI=1S/C21H23N5O2/c1-14(27)22-18-8-7-17(28-18)19-23-24-20(25(19)2)26-12-11-21(13-26)10-9-15-5-3-4-6-16(15)21/h3-8H,9-13H2,1-2H3,(H,22,27). The number of nitrogens with one attached hydrogen (secondary N) is 1. The Morgan fingerprint density at radius 1 is 1.18 bits per heavy atom. The molecular weight excluding hydrogens is 354 g/mol. The minimum absolute atomic E-state index is 0.168. The highest BCUT2D eigenvalue weighted by molar-refractivity contribution is 5.87. The van der Waals surface area contributed by atoms with Crippen LogP contribution in [0.5, 0.6) is 0 Å². The van der Waals surface area contributed by atoms with Gasteiger partial charge in [0.25, 0.3) is 0 Å². The molecule has 5 rings (SSSR count). The third kappa shape index (κ3) is 2.61. The molecular formula is C21H23N5O2. The van der Waals surface area contributed by atoms with Gasteiger partial charge in [-0.3, -0.25) is 14.7 Å². The number of nitrogens with zero attached hydrogens (tertiary/aromatic N) is 4. The van der Waals surface area contributed by atoms with Crippen molar-refractivity contribution in [2.45, 2.75) is 31.6 Å². The van der Waals surface area contributed by atoms with Gasteiger partial charge in [-0.05, 0) is 36.5 Å². The number of rotatable bonds is 3. The number of hydrogen-bond donors (Lipinski definition) is 1. The topological polar surface area (TPSA) is 76.2 Å². The number of aromatic nitrogens is 3. The zero-order valence-electron chi connectivity index (χ0n) is 16.1. The fraction of sp³-hybridized carbons (Fsp3) is 0.381. The van der Waals surface area contributed by atoms with Crippen LogP contribution in [0, 0.1) is 0 Å². The van der Waals surface area contributed by atoms with Crippen molar-refractivity contribution >= 4 is 17.7 Å². The highest BCUT2D eigenvalue weighted by Gasteiger charge is 2.44. The Labute approximate surface area is 163 Å². The van der Waals surface area contributed by atoms with Crippen LogP contribution in [0.1, 0.15) is 30.9 Å². The zero-order chi connectivity index (χ0) is 19.3. The van der Waals surface area contributed by atoms with E-state index in [4.69, 9.17) is 4.42 Å². The maximum absolute atomic E-state index is 11.2.